The fourth-order valence-corrected chi connectivity index (χ4v) is 7.42. The molecule has 5 aromatic carbocycles. The summed E-state index contributed by atoms with van der Waals surface area (Å²) in [6.45, 7) is 3.94. The van der Waals surface area contributed by atoms with E-state index in [2.05, 4.69) is 139 Å². The maximum atomic E-state index is 4.59. The van der Waals surface area contributed by atoms with Gasteiger partial charge in [0, 0.05) is 36.4 Å². The van der Waals surface area contributed by atoms with Crippen LogP contribution in [0.5, 0.6) is 0 Å². The SMILES string of the molecule is CCC1=CCC(c2c3ccccc3c(-c3ccc(C4=C(C5=CCCN=C5)NCC=C4)c4ccccc34)c3ccccc23)C=C1. The van der Waals surface area contributed by atoms with Crippen molar-refractivity contribution in [3.63, 3.8) is 0 Å². The summed E-state index contributed by atoms with van der Waals surface area (Å²) in [6, 6.07) is 31.7. The first-order valence-corrected chi connectivity index (χ1v) is 16.0. The number of benzene rings is 5. The van der Waals surface area contributed by atoms with Crippen molar-refractivity contribution in [2.75, 3.05) is 13.1 Å². The lowest BCUT2D eigenvalue weighted by atomic mass is 9.80. The van der Waals surface area contributed by atoms with Crippen LogP contribution in [0.4, 0.5) is 0 Å². The first-order valence-electron chi connectivity index (χ1n) is 16.0. The Hall–Kier alpha value is -4.95. The van der Waals surface area contributed by atoms with Gasteiger partial charge in [-0.15, -0.1) is 0 Å². The molecule has 2 heteroatoms. The molecule has 3 aliphatic rings. The fourth-order valence-electron chi connectivity index (χ4n) is 7.42. The van der Waals surface area contributed by atoms with E-state index in [1.54, 1.807) is 0 Å². The molecule has 5 aromatic rings. The zero-order valence-corrected chi connectivity index (χ0v) is 25.2. The van der Waals surface area contributed by atoms with Gasteiger partial charge in [0.1, 0.15) is 0 Å². The minimum Gasteiger partial charge on any atom is -0.381 e. The van der Waals surface area contributed by atoms with E-state index in [0.29, 0.717) is 5.92 Å². The minimum atomic E-state index is 0.363. The van der Waals surface area contributed by atoms with Crippen molar-refractivity contribution in [3.8, 4) is 11.1 Å². The molecule has 1 atom stereocenters. The first-order chi connectivity index (χ1) is 21.8. The molecule has 0 fully saturated rings. The summed E-state index contributed by atoms with van der Waals surface area (Å²) in [4.78, 5) is 4.59. The lowest BCUT2D eigenvalue weighted by molar-refractivity contribution is 0.850. The second-order valence-corrected chi connectivity index (χ2v) is 12.0. The van der Waals surface area contributed by atoms with E-state index < -0.39 is 0 Å². The summed E-state index contributed by atoms with van der Waals surface area (Å²) in [5.41, 5.74) is 10.3. The molecule has 1 aliphatic carbocycles. The smallest absolute Gasteiger partial charge is 0.0508 e. The largest absolute Gasteiger partial charge is 0.381 e. The average molecular weight is 569 g/mol. The van der Waals surface area contributed by atoms with Crippen molar-refractivity contribution in [1.29, 1.82) is 0 Å². The van der Waals surface area contributed by atoms with E-state index in [4.69, 9.17) is 0 Å². The molecule has 0 saturated carbocycles. The number of dihydropyridines is 2. The van der Waals surface area contributed by atoms with Gasteiger partial charge in [-0.2, -0.15) is 0 Å². The van der Waals surface area contributed by atoms with Crippen molar-refractivity contribution in [1.82, 2.24) is 5.32 Å². The summed E-state index contributed by atoms with van der Waals surface area (Å²) < 4.78 is 0. The van der Waals surface area contributed by atoms with E-state index in [-0.39, 0.29) is 0 Å². The predicted octanol–water partition coefficient (Wildman–Crippen LogP) is 10.5. The van der Waals surface area contributed by atoms with Crippen molar-refractivity contribution < 1.29 is 0 Å². The second-order valence-electron chi connectivity index (χ2n) is 12.0. The van der Waals surface area contributed by atoms with E-state index in [1.807, 2.05) is 6.21 Å². The number of hydrogen-bond acceptors (Lipinski definition) is 2. The monoisotopic (exact) mass is 568 g/mol. The van der Waals surface area contributed by atoms with Crippen molar-refractivity contribution in [2.45, 2.75) is 32.1 Å². The molecule has 0 saturated heterocycles. The Morgan fingerprint density at radius 1 is 0.727 bits per heavy atom. The van der Waals surface area contributed by atoms with Gasteiger partial charge in [0.25, 0.3) is 0 Å². The van der Waals surface area contributed by atoms with E-state index in [0.717, 1.165) is 32.4 Å². The number of aliphatic imine (C=N–C) groups is 1. The number of nitrogens with zero attached hydrogens (tertiary/aromatic N) is 1. The predicted molar refractivity (Wildman–Crippen MR) is 189 cm³/mol. The summed E-state index contributed by atoms with van der Waals surface area (Å²) in [6.07, 6.45) is 19.2. The highest BCUT2D eigenvalue weighted by Crippen LogP contribution is 2.46. The molecule has 0 spiro atoms. The summed E-state index contributed by atoms with van der Waals surface area (Å²) >= 11 is 0. The van der Waals surface area contributed by atoms with Gasteiger partial charge >= 0.3 is 0 Å². The molecule has 0 aromatic heterocycles. The van der Waals surface area contributed by atoms with Crippen molar-refractivity contribution in [2.24, 2.45) is 4.99 Å². The standard InChI is InChI=1S/C42H36N2/c1-2-28-19-21-29(22-20-28)40-34-14-5-7-16-36(34)41(37-17-8-6-15-35(37)40)38-24-23-33(31-12-3-4-13-32(31)38)39-18-10-26-44-42(39)30-11-9-25-43-27-30/h3-8,10-21,23-24,27,29,44H,2,9,22,25-26H2,1H3. The van der Waals surface area contributed by atoms with E-state index in [1.165, 1.54) is 77.0 Å². The number of rotatable bonds is 5. The maximum absolute atomic E-state index is 4.59. The Labute approximate surface area is 259 Å². The number of nitrogens with one attached hydrogen (secondary N) is 1. The van der Waals surface area contributed by atoms with Gasteiger partial charge in [0.15, 0.2) is 0 Å². The molecular weight excluding hydrogens is 532 g/mol. The average Bonchev–Trinajstić information content (AvgIpc) is 3.11. The van der Waals surface area contributed by atoms with Crippen LogP contribution in [-0.4, -0.2) is 19.3 Å². The normalized spacial score (nSPS) is 18.2. The quantitative estimate of drug-likeness (QED) is 0.210. The Balaban J connectivity index is 1.38. The molecule has 1 unspecified atom stereocenters. The lowest BCUT2D eigenvalue weighted by Crippen LogP contribution is -2.21. The molecule has 2 aliphatic heterocycles. The Kier molecular flexibility index (Phi) is 6.83. The molecule has 2 heterocycles. The van der Waals surface area contributed by atoms with Gasteiger partial charge in [0.2, 0.25) is 0 Å². The summed E-state index contributed by atoms with van der Waals surface area (Å²) in [5.74, 6) is 0.363. The number of hydrogen-bond donors (Lipinski definition) is 1. The lowest BCUT2D eigenvalue weighted by Gasteiger charge is -2.24. The van der Waals surface area contributed by atoms with Crippen LogP contribution >= 0.6 is 0 Å². The molecule has 214 valence electrons. The van der Waals surface area contributed by atoms with Crippen molar-refractivity contribution in [3.05, 3.63) is 149 Å². The third-order valence-corrected chi connectivity index (χ3v) is 9.50. The van der Waals surface area contributed by atoms with Gasteiger partial charge in [-0.1, -0.05) is 134 Å². The molecule has 0 amide bonds. The third kappa shape index (κ3) is 4.45. The molecule has 2 nitrogen and oxygen atoms in total. The Morgan fingerprint density at radius 3 is 2.02 bits per heavy atom. The maximum Gasteiger partial charge on any atom is 0.0508 e. The van der Waals surface area contributed by atoms with E-state index >= 15 is 0 Å². The Bertz CT molecular complexity index is 2080. The van der Waals surface area contributed by atoms with Crippen LogP contribution in [0.15, 0.2) is 143 Å². The fraction of sp³-hybridized carbons (Fsp3) is 0.167. The van der Waals surface area contributed by atoms with Gasteiger partial charge in [-0.05, 0) is 73.8 Å². The first kappa shape index (κ1) is 26.7. The topological polar surface area (TPSA) is 24.4 Å². The number of allylic oxidation sites excluding steroid dienone is 7. The highest BCUT2D eigenvalue weighted by molar-refractivity contribution is 6.19. The summed E-state index contributed by atoms with van der Waals surface area (Å²) in [5, 5.41) is 11.6. The van der Waals surface area contributed by atoms with E-state index in [9.17, 15) is 0 Å². The third-order valence-electron chi connectivity index (χ3n) is 9.50. The zero-order valence-electron chi connectivity index (χ0n) is 25.2. The van der Waals surface area contributed by atoms with Crippen LogP contribution in [0.2, 0.25) is 0 Å². The van der Waals surface area contributed by atoms with Crippen molar-refractivity contribution >= 4 is 44.1 Å². The van der Waals surface area contributed by atoms with Gasteiger partial charge in [0.05, 0.1) is 5.70 Å². The van der Waals surface area contributed by atoms with Crippen LogP contribution < -0.4 is 5.32 Å². The van der Waals surface area contributed by atoms with Crippen LogP contribution in [0, 0.1) is 0 Å². The Morgan fingerprint density at radius 2 is 1.39 bits per heavy atom. The molecule has 44 heavy (non-hydrogen) atoms. The molecule has 0 bridgehead atoms. The van der Waals surface area contributed by atoms with Gasteiger partial charge < -0.3 is 5.32 Å². The van der Waals surface area contributed by atoms with Gasteiger partial charge in [-0.25, -0.2) is 0 Å². The second kappa shape index (κ2) is 11.3. The van der Waals surface area contributed by atoms with Crippen LogP contribution in [0.1, 0.15) is 43.2 Å². The number of fused-ring (bicyclic) bond motifs is 3. The van der Waals surface area contributed by atoms with Crippen LogP contribution in [0.25, 0.3) is 49.0 Å². The highest BCUT2D eigenvalue weighted by Gasteiger charge is 2.23. The molecule has 0 radical (unpaired) electrons. The zero-order chi connectivity index (χ0) is 29.5. The molecular formula is C42H36N2. The minimum absolute atomic E-state index is 0.363. The molecule has 1 N–H and O–H groups in total. The van der Waals surface area contributed by atoms with Crippen LogP contribution in [-0.2, 0) is 0 Å². The van der Waals surface area contributed by atoms with Crippen LogP contribution in [0.3, 0.4) is 0 Å². The highest BCUT2D eigenvalue weighted by atomic mass is 14.9. The molecule has 8 rings (SSSR count). The van der Waals surface area contributed by atoms with Gasteiger partial charge in [-0.3, -0.25) is 4.99 Å². The summed E-state index contributed by atoms with van der Waals surface area (Å²) in [7, 11) is 0.